The summed E-state index contributed by atoms with van der Waals surface area (Å²) in [5.74, 6) is 0.170. The van der Waals surface area contributed by atoms with E-state index in [4.69, 9.17) is 10.00 Å². The summed E-state index contributed by atoms with van der Waals surface area (Å²) in [5, 5.41) is 11.6. The van der Waals surface area contributed by atoms with Gasteiger partial charge >= 0.3 is 12.1 Å². The minimum Gasteiger partial charge on any atom is -0.470 e. The highest BCUT2D eigenvalue weighted by atomic mass is 16.5. The van der Waals surface area contributed by atoms with Crippen LogP contribution in [-0.4, -0.2) is 64.1 Å². The standard InChI is InChI=1S/C13H14N6O3/c14-7-10-11(16-3-2-15-10)22-9-1-5-18(8-9)13(21)19-6-4-17-12(19)20/h2-3,9H,1,4-6,8H2,(H,17,20)/t9-/m1/s1. The number of hydrogen-bond acceptors (Lipinski definition) is 6. The van der Waals surface area contributed by atoms with Gasteiger partial charge in [-0.3, -0.25) is 0 Å². The number of carbonyl (C=O) groups excluding carboxylic acids is 2. The third kappa shape index (κ3) is 2.63. The van der Waals surface area contributed by atoms with Gasteiger partial charge in [-0.15, -0.1) is 0 Å². The maximum Gasteiger partial charge on any atom is 0.328 e. The Morgan fingerprint density at radius 3 is 2.95 bits per heavy atom. The Morgan fingerprint density at radius 2 is 2.23 bits per heavy atom. The van der Waals surface area contributed by atoms with Crippen LogP contribution in [0, 0.1) is 11.3 Å². The maximum atomic E-state index is 12.2. The van der Waals surface area contributed by atoms with Crippen molar-refractivity contribution in [2.45, 2.75) is 12.5 Å². The first-order valence-corrected chi connectivity index (χ1v) is 6.91. The zero-order valence-corrected chi connectivity index (χ0v) is 11.7. The van der Waals surface area contributed by atoms with Gasteiger partial charge in [0.2, 0.25) is 5.69 Å². The molecule has 9 nitrogen and oxygen atoms in total. The average Bonchev–Trinajstić information content (AvgIpc) is 3.16. The Kier molecular flexibility index (Phi) is 3.74. The summed E-state index contributed by atoms with van der Waals surface area (Å²) < 4.78 is 5.66. The number of carbonyl (C=O) groups is 2. The van der Waals surface area contributed by atoms with Crippen molar-refractivity contribution in [3.05, 3.63) is 18.1 Å². The van der Waals surface area contributed by atoms with E-state index in [1.165, 1.54) is 17.3 Å². The highest BCUT2D eigenvalue weighted by Crippen LogP contribution is 2.19. The Balaban J connectivity index is 1.62. The van der Waals surface area contributed by atoms with Crippen LogP contribution in [0.3, 0.4) is 0 Å². The summed E-state index contributed by atoms with van der Waals surface area (Å²) in [5.41, 5.74) is 0.117. The molecular formula is C13H14N6O3. The number of imide groups is 1. The molecule has 1 aromatic heterocycles. The fourth-order valence-electron chi connectivity index (χ4n) is 2.47. The average molecular weight is 302 g/mol. The lowest BCUT2D eigenvalue weighted by atomic mass is 10.3. The highest BCUT2D eigenvalue weighted by molar-refractivity contribution is 5.95. The topological polar surface area (TPSA) is 111 Å². The summed E-state index contributed by atoms with van der Waals surface area (Å²) in [6.07, 6.45) is 3.21. The number of likely N-dealkylation sites (tertiary alicyclic amines) is 1. The van der Waals surface area contributed by atoms with Gasteiger partial charge in [0.15, 0.2) is 0 Å². The molecular weight excluding hydrogens is 288 g/mol. The summed E-state index contributed by atoms with van der Waals surface area (Å²) in [6, 6.07) is 1.23. The molecule has 9 heteroatoms. The number of amides is 4. The molecule has 2 saturated heterocycles. The number of hydrogen-bond donors (Lipinski definition) is 1. The van der Waals surface area contributed by atoms with Crippen LogP contribution < -0.4 is 10.1 Å². The van der Waals surface area contributed by atoms with Crippen molar-refractivity contribution in [2.24, 2.45) is 0 Å². The van der Waals surface area contributed by atoms with E-state index in [1.807, 2.05) is 6.07 Å². The number of nitrogens with one attached hydrogen (secondary N) is 1. The Hall–Kier alpha value is -2.89. The van der Waals surface area contributed by atoms with Gasteiger partial charge in [-0.25, -0.2) is 24.5 Å². The number of ether oxygens (including phenoxy) is 1. The summed E-state index contributed by atoms with van der Waals surface area (Å²) >= 11 is 0. The smallest absolute Gasteiger partial charge is 0.328 e. The van der Waals surface area contributed by atoms with Crippen molar-refractivity contribution in [1.82, 2.24) is 25.1 Å². The summed E-state index contributed by atoms with van der Waals surface area (Å²) in [6.45, 7) is 1.70. The molecule has 2 aliphatic heterocycles. The zero-order chi connectivity index (χ0) is 15.5. The lowest BCUT2D eigenvalue weighted by molar-refractivity contribution is 0.160. The number of nitrogens with zero attached hydrogens (tertiary/aromatic N) is 5. The summed E-state index contributed by atoms with van der Waals surface area (Å²) in [4.78, 5) is 34.4. The van der Waals surface area contributed by atoms with Gasteiger partial charge in [-0.2, -0.15) is 5.26 Å². The van der Waals surface area contributed by atoms with E-state index in [1.54, 1.807) is 4.90 Å². The van der Waals surface area contributed by atoms with Crippen LogP contribution in [-0.2, 0) is 0 Å². The van der Waals surface area contributed by atoms with Crippen molar-refractivity contribution in [1.29, 1.82) is 5.26 Å². The van der Waals surface area contributed by atoms with Crippen molar-refractivity contribution >= 4 is 12.1 Å². The molecule has 1 aromatic rings. The van der Waals surface area contributed by atoms with Gasteiger partial charge in [0.05, 0.1) is 6.54 Å². The molecule has 0 unspecified atom stereocenters. The van der Waals surface area contributed by atoms with Crippen molar-refractivity contribution < 1.29 is 14.3 Å². The number of nitriles is 1. The first-order chi connectivity index (χ1) is 10.7. The molecule has 4 amide bonds. The second kappa shape index (κ2) is 5.85. The van der Waals surface area contributed by atoms with Crippen LogP contribution in [0.1, 0.15) is 12.1 Å². The van der Waals surface area contributed by atoms with E-state index in [9.17, 15) is 9.59 Å². The van der Waals surface area contributed by atoms with E-state index in [-0.39, 0.29) is 29.7 Å². The first kappa shape index (κ1) is 14.1. The van der Waals surface area contributed by atoms with Gasteiger partial charge in [0.25, 0.3) is 5.88 Å². The lowest BCUT2D eigenvalue weighted by Crippen LogP contribution is -2.44. The monoisotopic (exact) mass is 302 g/mol. The second-order valence-corrected chi connectivity index (χ2v) is 4.96. The zero-order valence-electron chi connectivity index (χ0n) is 11.7. The maximum absolute atomic E-state index is 12.2. The van der Waals surface area contributed by atoms with E-state index < -0.39 is 0 Å². The third-order valence-electron chi connectivity index (χ3n) is 3.55. The highest BCUT2D eigenvalue weighted by Gasteiger charge is 2.35. The lowest BCUT2D eigenvalue weighted by Gasteiger charge is -2.21. The molecule has 0 aliphatic carbocycles. The molecule has 2 fully saturated rings. The molecule has 0 aromatic carbocycles. The fourth-order valence-corrected chi connectivity index (χ4v) is 2.47. The first-order valence-electron chi connectivity index (χ1n) is 6.91. The van der Waals surface area contributed by atoms with Crippen LogP contribution in [0.4, 0.5) is 9.59 Å². The van der Waals surface area contributed by atoms with Gasteiger partial charge in [-0.1, -0.05) is 0 Å². The fraction of sp³-hybridized carbons (Fsp3) is 0.462. The molecule has 3 heterocycles. The van der Waals surface area contributed by atoms with Gasteiger partial charge in [0.1, 0.15) is 12.2 Å². The molecule has 0 saturated carbocycles. The van der Waals surface area contributed by atoms with Crippen LogP contribution >= 0.6 is 0 Å². The van der Waals surface area contributed by atoms with Crippen molar-refractivity contribution in [2.75, 3.05) is 26.2 Å². The van der Waals surface area contributed by atoms with Crippen LogP contribution in [0.25, 0.3) is 0 Å². The minimum atomic E-state index is -0.366. The predicted molar refractivity (Wildman–Crippen MR) is 72.9 cm³/mol. The summed E-state index contributed by atoms with van der Waals surface area (Å²) in [7, 11) is 0. The molecule has 0 radical (unpaired) electrons. The second-order valence-electron chi connectivity index (χ2n) is 4.96. The molecule has 1 N–H and O–H groups in total. The third-order valence-corrected chi connectivity index (χ3v) is 3.55. The Labute approximate surface area is 126 Å². The van der Waals surface area contributed by atoms with Gasteiger partial charge in [0, 0.05) is 38.4 Å². The largest absolute Gasteiger partial charge is 0.470 e. The van der Waals surface area contributed by atoms with Crippen LogP contribution in [0.2, 0.25) is 0 Å². The molecule has 3 rings (SSSR count). The molecule has 1 atom stereocenters. The van der Waals surface area contributed by atoms with E-state index in [0.717, 1.165) is 0 Å². The SMILES string of the molecule is N#Cc1nccnc1O[C@@H]1CCN(C(=O)N2CCNC2=O)C1. The normalized spacial score (nSPS) is 20.7. The van der Waals surface area contributed by atoms with Crippen molar-refractivity contribution in [3.63, 3.8) is 0 Å². The van der Waals surface area contributed by atoms with E-state index >= 15 is 0 Å². The quantitative estimate of drug-likeness (QED) is 0.819. The van der Waals surface area contributed by atoms with E-state index in [0.29, 0.717) is 32.6 Å². The van der Waals surface area contributed by atoms with Crippen molar-refractivity contribution in [3.8, 4) is 11.9 Å². The Morgan fingerprint density at radius 1 is 1.41 bits per heavy atom. The molecule has 114 valence electrons. The molecule has 0 bridgehead atoms. The number of urea groups is 2. The number of rotatable bonds is 2. The minimum absolute atomic E-state index is 0.117. The molecule has 22 heavy (non-hydrogen) atoms. The number of aromatic nitrogens is 2. The molecule has 0 spiro atoms. The van der Waals surface area contributed by atoms with E-state index in [2.05, 4.69) is 15.3 Å². The van der Waals surface area contributed by atoms with Gasteiger partial charge in [-0.05, 0) is 0 Å². The predicted octanol–water partition coefficient (Wildman–Crippen LogP) is -0.0534. The van der Waals surface area contributed by atoms with Crippen LogP contribution in [0.15, 0.2) is 12.4 Å². The Bertz CT molecular complexity index is 643. The van der Waals surface area contributed by atoms with Gasteiger partial charge < -0.3 is 15.0 Å². The van der Waals surface area contributed by atoms with Crippen LogP contribution in [0.5, 0.6) is 5.88 Å². The molecule has 2 aliphatic rings.